The average molecular weight is 368 g/mol. The maximum atomic E-state index is 12.3. The standard InChI is InChI=1S/C21H24N2O4/c1-21(19(24)25)10-11-23(15-21)20(26)22-13-17-8-5-9-18(12-17)27-14-16-6-3-2-4-7-16/h2-9,12H,10-11,13-15H2,1H3,(H,22,26)(H,24,25). The molecule has 2 amide bonds. The number of nitrogens with zero attached hydrogens (tertiary/aromatic N) is 1. The van der Waals surface area contributed by atoms with Crippen LogP contribution < -0.4 is 10.1 Å². The highest BCUT2D eigenvalue weighted by molar-refractivity contribution is 5.79. The van der Waals surface area contributed by atoms with Gasteiger partial charge in [-0.15, -0.1) is 0 Å². The highest BCUT2D eigenvalue weighted by Crippen LogP contribution is 2.30. The number of hydrogen-bond donors (Lipinski definition) is 2. The van der Waals surface area contributed by atoms with Crippen LogP contribution in [0.1, 0.15) is 24.5 Å². The summed E-state index contributed by atoms with van der Waals surface area (Å²) in [6.45, 7) is 3.21. The summed E-state index contributed by atoms with van der Waals surface area (Å²) in [4.78, 5) is 25.2. The van der Waals surface area contributed by atoms with Crippen molar-refractivity contribution in [3.05, 3.63) is 65.7 Å². The van der Waals surface area contributed by atoms with E-state index in [2.05, 4.69) is 5.32 Å². The number of amides is 2. The lowest BCUT2D eigenvalue weighted by Gasteiger charge is -2.20. The number of carbonyl (C=O) groups is 2. The summed E-state index contributed by atoms with van der Waals surface area (Å²) in [7, 11) is 0. The first kappa shape index (κ1) is 18.8. The predicted molar refractivity (Wildman–Crippen MR) is 101 cm³/mol. The summed E-state index contributed by atoms with van der Waals surface area (Å²) in [6, 6.07) is 17.3. The molecule has 0 bridgehead atoms. The summed E-state index contributed by atoms with van der Waals surface area (Å²) < 4.78 is 5.80. The summed E-state index contributed by atoms with van der Waals surface area (Å²) >= 11 is 0. The first-order valence-corrected chi connectivity index (χ1v) is 8.98. The largest absolute Gasteiger partial charge is 0.489 e. The quantitative estimate of drug-likeness (QED) is 0.820. The molecule has 1 aliphatic heterocycles. The number of aliphatic carboxylic acids is 1. The Labute approximate surface area is 158 Å². The van der Waals surface area contributed by atoms with Crippen molar-refractivity contribution in [2.24, 2.45) is 5.41 Å². The first-order chi connectivity index (χ1) is 13.0. The van der Waals surface area contributed by atoms with Crippen LogP contribution in [0.2, 0.25) is 0 Å². The number of carboxylic acid groups (broad SMARTS) is 1. The highest BCUT2D eigenvalue weighted by atomic mass is 16.5. The van der Waals surface area contributed by atoms with Crippen molar-refractivity contribution in [2.75, 3.05) is 13.1 Å². The van der Waals surface area contributed by atoms with Crippen LogP contribution >= 0.6 is 0 Å². The average Bonchev–Trinajstić information content (AvgIpc) is 3.09. The number of carboxylic acids is 1. The molecule has 3 rings (SSSR count). The van der Waals surface area contributed by atoms with E-state index in [1.807, 2.05) is 54.6 Å². The predicted octanol–water partition coefficient (Wildman–Crippen LogP) is 3.27. The zero-order valence-corrected chi connectivity index (χ0v) is 15.4. The third kappa shape index (κ3) is 4.78. The number of nitrogens with one attached hydrogen (secondary N) is 1. The van der Waals surface area contributed by atoms with Gasteiger partial charge in [-0.25, -0.2) is 4.79 Å². The van der Waals surface area contributed by atoms with Gasteiger partial charge < -0.3 is 20.1 Å². The minimum absolute atomic E-state index is 0.231. The lowest BCUT2D eigenvalue weighted by molar-refractivity contribution is -0.147. The van der Waals surface area contributed by atoms with Gasteiger partial charge in [-0.1, -0.05) is 42.5 Å². The highest BCUT2D eigenvalue weighted by Gasteiger charge is 2.42. The lowest BCUT2D eigenvalue weighted by Crippen LogP contribution is -2.40. The van der Waals surface area contributed by atoms with Crippen molar-refractivity contribution in [3.63, 3.8) is 0 Å². The molecule has 0 saturated carbocycles. The van der Waals surface area contributed by atoms with E-state index in [4.69, 9.17) is 4.74 Å². The molecule has 1 atom stereocenters. The Morgan fingerprint density at radius 3 is 2.59 bits per heavy atom. The molecule has 1 heterocycles. The fourth-order valence-corrected chi connectivity index (χ4v) is 3.08. The zero-order valence-electron chi connectivity index (χ0n) is 15.4. The number of likely N-dealkylation sites (tertiary alicyclic amines) is 1. The number of benzene rings is 2. The molecule has 1 unspecified atom stereocenters. The van der Waals surface area contributed by atoms with Gasteiger partial charge in [0.25, 0.3) is 0 Å². The second-order valence-electron chi connectivity index (χ2n) is 7.12. The minimum atomic E-state index is -0.860. The summed E-state index contributed by atoms with van der Waals surface area (Å²) in [5.74, 6) is -0.119. The number of urea groups is 1. The maximum absolute atomic E-state index is 12.3. The molecule has 27 heavy (non-hydrogen) atoms. The fourth-order valence-electron chi connectivity index (χ4n) is 3.08. The number of ether oxygens (including phenoxy) is 1. The van der Waals surface area contributed by atoms with Crippen molar-refractivity contribution in [1.29, 1.82) is 0 Å². The van der Waals surface area contributed by atoms with E-state index in [0.29, 0.717) is 26.1 Å². The molecule has 0 spiro atoms. The van der Waals surface area contributed by atoms with Crippen LogP contribution in [0.4, 0.5) is 4.79 Å². The monoisotopic (exact) mass is 368 g/mol. The molecule has 0 aliphatic carbocycles. The SMILES string of the molecule is CC1(C(=O)O)CCN(C(=O)NCc2cccc(OCc3ccccc3)c2)C1. The zero-order chi connectivity index (χ0) is 19.3. The Balaban J connectivity index is 1.51. The van der Waals surface area contributed by atoms with Crippen molar-refractivity contribution >= 4 is 12.0 Å². The summed E-state index contributed by atoms with van der Waals surface area (Å²) in [6.07, 6.45) is 0.471. The van der Waals surface area contributed by atoms with Gasteiger partial charge in [0.15, 0.2) is 0 Å². The molecule has 142 valence electrons. The van der Waals surface area contributed by atoms with E-state index >= 15 is 0 Å². The Hall–Kier alpha value is -3.02. The van der Waals surface area contributed by atoms with Crippen LogP contribution in [0.25, 0.3) is 0 Å². The minimum Gasteiger partial charge on any atom is -0.489 e. The summed E-state index contributed by atoms with van der Waals surface area (Å²) in [5, 5.41) is 12.1. The van der Waals surface area contributed by atoms with Crippen LogP contribution in [0, 0.1) is 5.41 Å². The fraction of sp³-hybridized carbons (Fsp3) is 0.333. The van der Waals surface area contributed by atoms with Crippen LogP contribution in [-0.4, -0.2) is 35.1 Å². The molecule has 2 aromatic rings. The Bertz CT molecular complexity index is 809. The van der Waals surface area contributed by atoms with Gasteiger partial charge >= 0.3 is 12.0 Å². The van der Waals surface area contributed by atoms with Crippen molar-refractivity contribution in [3.8, 4) is 5.75 Å². The number of carbonyl (C=O) groups excluding carboxylic acids is 1. The molecule has 0 radical (unpaired) electrons. The van der Waals surface area contributed by atoms with Crippen LogP contribution in [0.3, 0.4) is 0 Å². The van der Waals surface area contributed by atoms with Gasteiger partial charge in [-0.05, 0) is 36.6 Å². The Morgan fingerprint density at radius 1 is 1.15 bits per heavy atom. The molecule has 1 saturated heterocycles. The van der Waals surface area contributed by atoms with E-state index < -0.39 is 11.4 Å². The van der Waals surface area contributed by atoms with E-state index in [1.54, 1.807) is 11.8 Å². The van der Waals surface area contributed by atoms with Gasteiger partial charge in [0.2, 0.25) is 0 Å². The summed E-state index contributed by atoms with van der Waals surface area (Å²) in [5.41, 5.74) is 1.16. The van der Waals surface area contributed by atoms with Crippen molar-refractivity contribution < 1.29 is 19.4 Å². The third-order valence-electron chi connectivity index (χ3n) is 4.87. The van der Waals surface area contributed by atoms with Crippen LogP contribution in [-0.2, 0) is 17.9 Å². The normalized spacial score (nSPS) is 18.9. The molecule has 1 fully saturated rings. The van der Waals surface area contributed by atoms with E-state index in [0.717, 1.165) is 16.9 Å². The molecule has 0 aromatic heterocycles. The van der Waals surface area contributed by atoms with E-state index in [1.165, 1.54) is 0 Å². The Kier molecular flexibility index (Phi) is 5.64. The van der Waals surface area contributed by atoms with Crippen molar-refractivity contribution in [2.45, 2.75) is 26.5 Å². The van der Waals surface area contributed by atoms with Crippen molar-refractivity contribution in [1.82, 2.24) is 10.2 Å². The number of rotatable bonds is 6. The number of hydrogen-bond acceptors (Lipinski definition) is 3. The smallest absolute Gasteiger partial charge is 0.317 e. The van der Waals surface area contributed by atoms with Crippen LogP contribution in [0.15, 0.2) is 54.6 Å². The van der Waals surface area contributed by atoms with Gasteiger partial charge in [0, 0.05) is 19.6 Å². The second kappa shape index (κ2) is 8.12. The van der Waals surface area contributed by atoms with Gasteiger partial charge in [-0.3, -0.25) is 4.79 Å². The second-order valence-corrected chi connectivity index (χ2v) is 7.12. The van der Waals surface area contributed by atoms with Gasteiger partial charge in [-0.2, -0.15) is 0 Å². The topological polar surface area (TPSA) is 78.9 Å². The van der Waals surface area contributed by atoms with Crippen LogP contribution in [0.5, 0.6) is 5.75 Å². The molecule has 2 N–H and O–H groups in total. The van der Waals surface area contributed by atoms with E-state index in [9.17, 15) is 14.7 Å². The molecule has 1 aliphatic rings. The van der Waals surface area contributed by atoms with E-state index in [-0.39, 0.29) is 12.6 Å². The first-order valence-electron chi connectivity index (χ1n) is 8.98. The molecule has 2 aromatic carbocycles. The maximum Gasteiger partial charge on any atom is 0.317 e. The molecular formula is C21H24N2O4. The molecule has 6 heteroatoms. The Morgan fingerprint density at radius 2 is 1.89 bits per heavy atom. The van der Waals surface area contributed by atoms with Gasteiger partial charge in [0.1, 0.15) is 12.4 Å². The molecular weight excluding hydrogens is 344 g/mol. The lowest BCUT2D eigenvalue weighted by atomic mass is 9.90. The third-order valence-corrected chi connectivity index (χ3v) is 4.87. The molecule has 6 nitrogen and oxygen atoms in total. The van der Waals surface area contributed by atoms with Gasteiger partial charge in [0.05, 0.1) is 5.41 Å².